The molecule has 0 saturated heterocycles. The van der Waals surface area contributed by atoms with Crippen LogP contribution in [0.4, 0.5) is 82.9 Å². The maximum atomic E-state index is 13.2. The molecule has 276 valence electrons. The smallest absolute Gasteiger partial charge is 0.225 e. The predicted octanol–water partition coefficient (Wildman–Crippen LogP) is 3.79. The number of hydrogen-bond acceptors (Lipinski definition) is 3. The fourth-order valence-corrected chi connectivity index (χ4v) is 3.55. The molecule has 0 aliphatic carbocycles. The summed E-state index contributed by atoms with van der Waals surface area (Å²) in [5.74, 6) is -28.7. The Labute approximate surface area is 270 Å². The Bertz CT molecular complexity index is 1390. The number of benzene rings is 3. The highest BCUT2D eigenvalue weighted by Crippen LogP contribution is 2.33. The third-order valence-electron chi connectivity index (χ3n) is 5.57. The molecule has 49 heavy (non-hydrogen) atoms. The van der Waals surface area contributed by atoms with Crippen molar-refractivity contribution in [1.82, 2.24) is 13.4 Å². The monoisotopic (exact) mass is 737 g/mol. The molecule has 0 aliphatic heterocycles. The molecule has 0 N–H and O–H groups in total. The van der Waals surface area contributed by atoms with Crippen molar-refractivity contribution in [3.63, 3.8) is 0 Å². The van der Waals surface area contributed by atoms with Crippen LogP contribution in [0.2, 0.25) is 0 Å². The average molecular weight is 737 g/mol. The van der Waals surface area contributed by atoms with Crippen molar-refractivity contribution in [1.29, 1.82) is 0 Å². The van der Waals surface area contributed by atoms with E-state index < -0.39 is 125 Å². The Morgan fingerprint density at radius 2 is 0.347 bits per heavy atom. The average Bonchev–Trinajstić information content (AvgIpc) is 2.93. The van der Waals surface area contributed by atoms with Gasteiger partial charge in [-0.3, -0.25) is 20.8 Å². The van der Waals surface area contributed by atoms with Crippen molar-refractivity contribution in [3.05, 3.63) is 87.3 Å². The largest absolute Gasteiger partial charge is 0.907 e. The number of halogens is 15. The minimum Gasteiger partial charge on any atom is -0.907 e. The van der Waals surface area contributed by atoms with E-state index in [0.717, 1.165) is 0 Å². The second-order valence-corrected chi connectivity index (χ2v) is 12.1. The van der Waals surface area contributed by atoms with Crippen LogP contribution in [0.25, 0.3) is 0 Å². The van der Waals surface area contributed by atoms with Gasteiger partial charge in [-0.05, 0) is 0 Å². The molecule has 0 bridgehead atoms. The topological polar surface area (TPSA) is 69.2 Å². The van der Waals surface area contributed by atoms with Crippen LogP contribution >= 0.6 is 0 Å². The Kier molecular flexibility index (Phi) is 15.2. The molecule has 0 radical (unpaired) electrons. The van der Waals surface area contributed by atoms with Crippen molar-refractivity contribution in [2.75, 3.05) is 63.4 Å². The minimum atomic E-state index is -2.92. The fourth-order valence-electron chi connectivity index (χ4n) is 3.55. The summed E-state index contributed by atoms with van der Waals surface area (Å²) in [5.41, 5.74) is -2.57. The normalized spacial score (nSPS) is 11.6. The van der Waals surface area contributed by atoms with Crippen LogP contribution in [-0.2, 0) is 0 Å². The number of hydrogen-bond donors (Lipinski definition) is 0. The molecule has 0 aliphatic rings. The lowest BCUT2D eigenvalue weighted by molar-refractivity contribution is -0.479. The molecule has 6 nitrogen and oxygen atoms in total. The molecule has 0 atom stereocenters. The highest BCUT2D eigenvalue weighted by atomic mass is 19.2. The van der Waals surface area contributed by atoms with Gasteiger partial charge in [0.2, 0.25) is 104 Å². The van der Waals surface area contributed by atoms with E-state index >= 15 is 0 Å². The lowest BCUT2D eigenvalue weighted by Crippen LogP contribution is -2.56. The van der Waals surface area contributed by atoms with Gasteiger partial charge in [0.1, 0.15) is 0 Å². The van der Waals surface area contributed by atoms with Crippen LogP contribution in [0.1, 0.15) is 0 Å². The standard InChI is InChI=1S/3C9H9F5N.BO3/c3*1-15(2,3)9-7(13)5(11)4(10)6(12)8(9)14;2-1(3)4/h3*1-3H3;/q3*+1;-3. The predicted molar refractivity (Wildman–Crippen MR) is 143 cm³/mol. The molecule has 0 heterocycles. The van der Waals surface area contributed by atoms with Gasteiger partial charge in [-0.15, -0.1) is 0 Å². The SMILES string of the molecule is C[N+](C)(C)c1c(F)c(F)c(F)c(F)c1F.C[N+](C)(C)c1c(F)c(F)c(F)c(F)c1F.C[N+](C)(C)c1c(F)c(F)c(F)c(F)c1F.[O-]B([O-])[O-]. The van der Waals surface area contributed by atoms with Crippen LogP contribution in [0.5, 0.6) is 0 Å². The summed E-state index contributed by atoms with van der Waals surface area (Å²) < 4.78 is 192. The first-order valence-electron chi connectivity index (χ1n) is 12.7. The lowest BCUT2D eigenvalue weighted by Gasteiger charge is -2.35. The second-order valence-electron chi connectivity index (χ2n) is 12.1. The van der Waals surface area contributed by atoms with Crippen LogP contribution in [-0.4, -0.2) is 70.8 Å². The molecule has 22 heteroatoms. The Morgan fingerprint density at radius 3 is 0.429 bits per heavy atom. The van der Waals surface area contributed by atoms with Crippen molar-refractivity contribution in [2.24, 2.45) is 0 Å². The van der Waals surface area contributed by atoms with Gasteiger partial charge < -0.3 is 15.1 Å². The Hall–Kier alpha value is -3.57. The molecule has 0 saturated carbocycles. The number of quaternary nitrogens is 3. The van der Waals surface area contributed by atoms with E-state index in [2.05, 4.69) is 0 Å². The molecule has 0 unspecified atom stereocenters. The van der Waals surface area contributed by atoms with Crippen LogP contribution in [0.15, 0.2) is 0 Å². The van der Waals surface area contributed by atoms with Gasteiger partial charge >= 0.3 is 0 Å². The summed E-state index contributed by atoms with van der Waals surface area (Å²) >= 11 is 0. The molecular weight excluding hydrogens is 710 g/mol. The van der Waals surface area contributed by atoms with Gasteiger partial charge in [0.05, 0.1) is 63.4 Å². The van der Waals surface area contributed by atoms with E-state index in [1.54, 1.807) is 0 Å². The van der Waals surface area contributed by atoms with E-state index in [1.165, 1.54) is 63.4 Å². The second kappa shape index (κ2) is 16.4. The molecule has 0 spiro atoms. The third kappa shape index (κ3) is 10.7. The van der Waals surface area contributed by atoms with Crippen LogP contribution < -0.4 is 28.5 Å². The molecule has 0 fully saturated rings. The van der Waals surface area contributed by atoms with Crippen molar-refractivity contribution < 1.29 is 80.9 Å². The maximum Gasteiger partial charge on any atom is 0.225 e. The summed E-state index contributed by atoms with van der Waals surface area (Å²) in [6.07, 6.45) is 0. The molecule has 3 aromatic carbocycles. The molecule has 3 aromatic rings. The zero-order chi connectivity index (χ0) is 39.5. The van der Waals surface area contributed by atoms with Gasteiger partial charge in [-0.2, -0.15) is 26.3 Å². The zero-order valence-electron chi connectivity index (χ0n) is 26.8. The van der Waals surface area contributed by atoms with Gasteiger partial charge in [0.25, 0.3) is 0 Å². The van der Waals surface area contributed by atoms with E-state index in [-0.39, 0.29) is 0 Å². The van der Waals surface area contributed by atoms with Crippen molar-refractivity contribution in [2.45, 2.75) is 0 Å². The third-order valence-corrected chi connectivity index (χ3v) is 5.57. The van der Waals surface area contributed by atoms with E-state index in [9.17, 15) is 65.9 Å². The number of rotatable bonds is 3. The first-order valence-corrected chi connectivity index (χ1v) is 12.7. The first-order chi connectivity index (χ1) is 21.8. The summed E-state index contributed by atoms with van der Waals surface area (Å²) in [7, 11) is 8.82. The quantitative estimate of drug-likeness (QED) is 0.135. The van der Waals surface area contributed by atoms with Crippen molar-refractivity contribution >= 4 is 24.4 Å². The van der Waals surface area contributed by atoms with E-state index in [1.807, 2.05) is 0 Å². The first kappa shape index (κ1) is 45.4. The maximum absolute atomic E-state index is 13.2. The molecular formula is C27H27BF15N3O3. The minimum absolute atomic E-state index is 0.494. The van der Waals surface area contributed by atoms with Crippen LogP contribution in [0, 0.1) is 87.3 Å². The molecule has 0 amide bonds. The van der Waals surface area contributed by atoms with E-state index in [4.69, 9.17) is 15.1 Å². The Morgan fingerprint density at radius 1 is 0.265 bits per heavy atom. The fraction of sp³-hybridized carbons (Fsp3) is 0.333. The summed E-state index contributed by atoms with van der Waals surface area (Å²) in [5, 5.41) is 25.2. The van der Waals surface area contributed by atoms with Gasteiger partial charge in [0.15, 0.2) is 0 Å². The summed E-state index contributed by atoms with van der Waals surface area (Å²) in [6, 6.07) is 0. The highest BCUT2D eigenvalue weighted by Gasteiger charge is 2.36. The highest BCUT2D eigenvalue weighted by molar-refractivity contribution is 6.24. The molecule has 3 rings (SSSR count). The van der Waals surface area contributed by atoms with Gasteiger partial charge in [0, 0.05) is 0 Å². The van der Waals surface area contributed by atoms with E-state index in [0.29, 0.717) is 0 Å². The van der Waals surface area contributed by atoms with Crippen LogP contribution in [0.3, 0.4) is 0 Å². The van der Waals surface area contributed by atoms with Gasteiger partial charge in [-0.1, -0.05) is 0 Å². The number of nitrogens with zero attached hydrogens (tertiary/aromatic N) is 3. The Balaban J connectivity index is 0.000000667. The van der Waals surface area contributed by atoms with Crippen molar-refractivity contribution in [3.8, 4) is 0 Å². The summed E-state index contributed by atoms with van der Waals surface area (Å²) in [6.45, 7) is 0. The zero-order valence-corrected chi connectivity index (χ0v) is 26.8. The summed E-state index contributed by atoms with van der Waals surface area (Å²) in [4.78, 5) is 0. The van der Waals surface area contributed by atoms with Gasteiger partial charge in [-0.25, -0.2) is 39.5 Å². The molecule has 0 aromatic heterocycles. The lowest BCUT2D eigenvalue weighted by atomic mass is 10.2.